The summed E-state index contributed by atoms with van der Waals surface area (Å²) in [4.78, 5) is 31.5. The molecule has 0 spiro atoms. The number of benzene rings is 1. The largest absolute Gasteiger partial charge is 0.406 e. The molecule has 1 aliphatic heterocycles. The van der Waals surface area contributed by atoms with Crippen LogP contribution in [0.5, 0.6) is 0 Å². The molecule has 0 fully saturated rings. The van der Waals surface area contributed by atoms with Gasteiger partial charge in [0.1, 0.15) is 23.9 Å². The third-order valence-corrected chi connectivity index (χ3v) is 5.95. The van der Waals surface area contributed by atoms with Crippen molar-refractivity contribution in [2.75, 3.05) is 32.1 Å². The highest BCUT2D eigenvalue weighted by molar-refractivity contribution is 6.04. The Balaban J connectivity index is 1.52. The molecule has 202 valence electrons. The molecule has 0 radical (unpaired) electrons. The number of urea groups is 1. The highest BCUT2D eigenvalue weighted by Gasteiger charge is 2.34. The number of hydrogen-bond acceptors (Lipinski definition) is 7. The average molecular weight is 536 g/mol. The van der Waals surface area contributed by atoms with Crippen molar-refractivity contribution >= 4 is 17.8 Å². The molecule has 0 saturated heterocycles. The van der Waals surface area contributed by atoms with Gasteiger partial charge in [-0.3, -0.25) is 4.79 Å². The molecule has 3 aromatic rings. The molecule has 0 bridgehead atoms. The van der Waals surface area contributed by atoms with E-state index in [1.54, 1.807) is 19.1 Å². The minimum absolute atomic E-state index is 0.0731. The number of nitrogens with zero attached hydrogens (tertiary/aromatic N) is 7. The first-order valence-electron chi connectivity index (χ1n) is 11.5. The average Bonchev–Trinajstić information content (AvgIpc) is 3.36. The summed E-state index contributed by atoms with van der Waals surface area (Å²) in [6.07, 6.45) is -4.31. The van der Waals surface area contributed by atoms with Crippen LogP contribution in [0.25, 0.3) is 11.5 Å². The zero-order valence-corrected chi connectivity index (χ0v) is 20.4. The molecule has 0 unspecified atom stereocenters. The Bertz CT molecular complexity index is 1350. The lowest BCUT2D eigenvalue weighted by molar-refractivity contribution is -0.138. The standard InChI is InChI=1S/C23H24F4N8O3/c1-13(11-36)35-20(30-31-32-35)18-4-3-5-19(28-18)29-21(37)16-8-15-10-34(7-6-14(15)9-17(16)24)22(38)33(2)12-23(25,26)27/h3-5,8-9,13,36H,6-7,10-12H2,1-2H3,(H,28,29,37)/t13-/m1/s1. The van der Waals surface area contributed by atoms with Gasteiger partial charge in [0.25, 0.3) is 5.91 Å². The first kappa shape index (κ1) is 26.9. The third kappa shape index (κ3) is 5.88. The minimum atomic E-state index is -4.54. The number of halogens is 4. The summed E-state index contributed by atoms with van der Waals surface area (Å²) in [5.41, 5.74) is 1.01. The predicted molar refractivity (Wildman–Crippen MR) is 125 cm³/mol. The Morgan fingerprint density at radius 2 is 2.00 bits per heavy atom. The second kappa shape index (κ2) is 10.7. The molecule has 1 atom stereocenters. The molecule has 0 aliphatic carbocycles. The van der Waals surface area contributed by atoms with E-state index >= 15 is 0 Å². The highest BCUT2D eigenvalue weighted by Crippen LogP contribution is 2.25. The van der Waals surface area contributed by atoms with Gasteiger partial charge in [-0.15, -0.1) is 5.10 Å². The van der Waals surface area contributed by atoms with Gasteiger partial charge in [-0.25, -0.2) is 18.9 Å². The third-order valence-electron chi connectivity index (χ3n) is 5.95. The number of carbonyl (C=O) groups excluding carboxylic acids is 2. The summed E-state index contributed by atoms with van der Waals surface area (Å²) in [7, 11) is 1.05. The van der Waals surface area contributed by atoms with Crippen molar-refractivity contribution in [1.82, 2.24) is 35.0 Å². The Morgan fingerprint density at radius 3 is 2.71 bits per heavy atom. The smallest absolute Gasteiger partial charge is 0.394 e. The fourth-order valence-corrected chi connectivity index (χ4v) is 4.04. The van der Waals surface area contributed by atoms with Crippen LogP contribution < -0.4 is 5.32 Å². The zero-order chi connectivity index (χ0) is 27.6. The number of hydrogen-bond donors (Lipinski definition) is 2. The van der Waals surface area contributed by atoms with Gasteiger partial charge < -0.3 is 20.2 Å². The number of pyridine rings is 1. The maximum Gasteiger partial charge on any atom is 0.406 e. The fourth-order valence-electron chi connectivity index (χ4n) is 4.04. The van der Waals surface area contributed by atoms with E-state index in [9.17, 15) is 32.3 Å². The number of tetrazole rings is 1. The maximum atomic E-state index is 14.8. The molecule has 2 aromatic heterocycles. The quantitative estimate of drug-likeness (QED) is 0.464. The zero-order valence-electron chi connectivity index (χ0n) is 20.4. The number of aromatic nitrogens is 5. The maximum absolute atomic E-state index is 14.8. The van der Waals surface area contributed by atoms with Crippen molar-refractivity contribution in [3.63, 3.8) is 0 Å². The van der Waals surface area contributed by atoms with E-state index in [-0.39, 0.29) is 43.3 Å². The summed E-state index contributed by atoms with van der Waals surface area (Å²) < 4.78 is 54.3. The van der Waals surface area contributed by atoms with Gasteiger partial charge in [-0.2, -0.15) is 13.2 Å². The number of aliphatic hydroxyl groups is 1. The first-order chi connectivity index (χ1) is 18.0. The number of amides is 3. The van der Waals surface area contributed by atoms with Gasteiger partial charge in [0.05, 0.1) is 18.2 Å². The second-order valence-corrected chi connectivity index (χ2v) is 8.87. The Hall–Kier alpha value is -4.14. The van der Waals surface area contributed by atoms with Crippen molar-refractivity contribution < 1.29 is 32.3 Å². The summed E-state index contributed by atoms with van der Waals surface area (Å²) in [5, 5.41) is 23.3. The summed E-state index contributed by atoms with van der Waals surface area (Å²) in [6, 6.07) is 5.91. The van der Waals surface area contributed by atoms with Crippen LogP contribution in [0, 0.1) is 5.82 Å². The predicted octanol–water partition coefficient (Wildman–Crippen LogP) is 2.65. The van der Waals surface area contributed by atoms with E-state index in [2.05, 4.69) is 25.8 Å². The molecule has 0 saturated carbocycles. The first-order valence-corrected chi connectivity index (χ1v) is 11.5. The van der Waals surface area contributed by atoms with E-state index < -0.39 is 36.5 Å². The van der Waals surface area contributed by atoms with Gasteiger partial charge in [0.2, 0.25) is 5.82 Å². The summed E-state index contributed by atoms with van der Waals surface area (Å²) in [6.45, 7) is 0.130. The molecule has 3 heterocycles. The van der Waals surface area contributed by atoms with E-state index in [1.165, 1.54) is 27.8 Å². The molecule has 11 nitrogen and oxygen atoms in total. The second-order valence-electron chi connectivity index (χ2n) is 8.87. The van der Waals surface area contributed by atoms with Crippen LogP contribution in [0.2, 0.25) is 0 Å². The topological polar surface area (TPSA) is 129 Å². The number of aliphatic hydroxyl groups excluding tert-OH is 1. The van der Waals surface area contributed by atoms with Gasteiger partial charge in [-0.05, 0) is 59.2 Å². The van der Waals surface area contributed by atoms with Gasteiger partial charge in [-0.1, -0.05) is 6.07 Å². The molecule has 4 rings (SSSR count). The number of anilines is 1. The van der Waals surface area contributed by atoms with Crippen LogP contribution >= 0.6 is 0 Å². The van der Waals surface area contributed by atoms with Gasteiger partial charge in [0, 0.05) is 20.1 Å². The lowest BCUT2D eigenvalue weighted by atomic mass is 9.96. The Morgan fingerprint density at radius 1 is 1.24 bits per heavy atom. The monoisotopic (exact) mass is 536 g/mol. The van der Waals surface area contributed by atoms with Crippen molar-refractivity contribution in [1.29, 1.82) is 0 Å². The summed E-state index contributed by atoms with van der Waals surface area (Å²) in [5.74, 6) is -1.26. The molecular weight excluding hydrogens is 512 g/mol. The van der Waals surface area contributed by atoms with Crippen molar-refractivity contribution in [2.45, 2.75) is 32.1 Å². The molecule has 38 heavy (non-hydrogen) atoms. The number of nitrogens with one attached hydrogen (secondary N) is 1. The molecule has 1 aromatic carbocycles. The van der Waals surface area contributed by atoms with Gasteiger partial charge >= 0.3 is 12.2 Å². The van der Waals surface area contributed by atoms with Crippen molar-refractivity contribution in [2.24, 2.45) is 0 Å². The number of fused-ring (bicyclic) bond motifs is 1. The van der Waals surface area contributed by atoms with Crippen molar-refractivity contribution in [3.05, 3.63) is 52.8 Å². The molecule has 2 N–H and O–H groups in total. The summed E-state index contributed by atoms with van der Waals surface area (Å²) >= 11 is 0. The normalized spacial score (nSPS) is 14.1. The van der Waals surface area contributed by atoms with E-state index in [0.717, 1.165) is 7.05 Å². The van der Waals surface area contributed by atoms with Crippen LogP contribution in [0.15, 0.2) is 30.3 Å². The lowest BCUT2D eigenvalue weighted by Gasteiger charge is -2.33. The molecule has 15 heteroatoms. The van der Waals surface area contributed by atoms with E-state index in [1.807, 2.05) is 0 Å². The van der Waals surface area contributed by atoms with E-state index in [4.69, 9.17) is 0 Å². The highest BCUT2D eigenvalue weighted by atomic mass is 19.4. The van der Waals surface area contributed by atoms with Crippen molar-refractivity contribution in [3.8, 4) is 11.5 Å². The Labute approximate surface area is 214 Å². The van der Waals surface area contributed by atoms with Crippen LogP contribution in [0.4, 0.5) is 28.2 Å². The molecule has 1 aliphatic rings. The number of carbonyl (C=O) groups is 2. The molecule has 3 amide bonds. The number of rotatable bonds is 6. The van der Waals surface area contributed by atoms with Crippen LogP contribution in [0.3, 0.4) is 0 Å². The number of alkyl halides is 3. The van der Waals surface area contributed by atoms with Crippen LogP contribution in [0.1, 0.15) is 34.5 Å². The van der Waals surface area contributed by atoms with Crippen LogP contribution in [-0.4, -0.2) is 85.0 Å². The van der Waals surface area contributed by atoms with Gasteiger partial charge in [0.15, 0.2) is 0 Å². The molecular formula is C23H24F4N8O3. The fraction of sp³-hybridized carbons (Fsp3) is 0.391. The van der Waals surface area contributed by atoms with E-state index in [0.29, 0.717) is 21.7 Å². The minimum Gasteiger partial charge on any atom is -0.394 e. The SMILES string of the molecule is C[C@H](CO)n1nnnc1-c1cccc(NC(=O)c2cc3c(cc2F)CCN(C(=O)N(C)CC(F)(F)F)C3)n1. The Kier molecular flexibility index (Phi) is 7.57. The van der Waals surface area contributed by atoms with Crippen LogP contribution in [-0.2, 0) is 13.0 Å². The lowest BCUT2D eigenvalue weighted by Crippen LogP contribution is -2.46.